The SMILES string of the molecule is Cc1c(-c2ccc(C=O)[nH]2)cnn1C. The maximum Gasteiger partial charge on any atom is 0.166 e. The summed E-state index contributed by atoms with van der Waals surface area (Å²) in [6.45, 7) is 1.99. The second kappa shape index (κ2) is 3.14. The standard InChI is InChI=1S/C10H11N3O/c1-7-9(5-11-13(7)2)10-4-3-8(6-14)12-10/h3-6,12H,1-2H3. The summed E-state index contributed by atoms with van der Waals surface area (Å²) >= 11 is 0. The quantitative estimate of drug-likeness (QED) is 0.728. The smallest absolute Gasteiger partial charge is 0.166 e. The normalized spacial score (nSPS) is 10.4. The van der Waals surface area contributed by atoms with E-state index in [4.69, 9.17) is 0 Å². The van der Waals surface area contributed by atoms with Crippen molar-refractivity contribution in [1.82, 2.24) is 14.8 Å². The Bertz CT molecular complexity index is 467. The lowest BCUT2D eigenvalue weighted by Crippen LogP contribution is -1.92. The van der Waals surface area contributed by atoms with Crippen LogP contribution in [0, 0.1) is 6.92 Å². The molecule has 14 heavy (non-hydrogen) atoms. The molecule has 0 saturated heterocycles. The van der Waals surface area contributed by atoms with Crippen molar-refractivity contribution in [2.45, 2.75) is 6.92 Å². The van der Waals surface area contributed by atoms with Crippen molar-refractivity contribution in [2.24, 2.45) is 7.05 Å². The third-order valence-electron chi connectivity index (χ3n) is 2.36. The summed E-state index contributed by atoms with van der Waals surface area (Å²) in [5.74, 6) is 0. The van der Waals surface area contributed by atoms with E-state index in [2.05, 4.69) is 10.1 Å². The van der Waals surface area contributed by atoms with Crippen LogP contribution in [0.1, 0.15) is 16.2 Å². The van der Waals surface area contributed by atoms with Crippen LogP contribution in [-0.2, 0) is 7.05 Å². The van der Waals surface area contributed by atoms with E-state index >= 15 is 0 Å². The largest absolute Gasteiger partial charge is 0.352 e. The molecule has 0 atom stereocenters. The van der Waals surface area contributed by atoms with Gasteiger partial charge in [-0.1, -0.05) is 0 Å². The van der Waals surface area contributed by atoms with Gasteiger partial charge in [-0.25, -0.2) is 0 Å². The second-order valence-electron chi connectivity index (χ2n) is 3.21. The minimum atomic E-state index is 0.586. The highest BCUT2D eigenvalue weighted by atomic mass is 16.1. The number of carbonyl (C=O) groups is 1. The van der Waals surface area contributed by atoms with E-state index < -0.39 is 0 Å². The third-order valence-corrected chi connectivity index (χ3v) is 2.36. The third kappa shape index (κ3) is 1.25. The van der Waals surface area contributed by atoms with Crippen molar-refractivity contribution in [3.05, 3.63) is 29.7 Å². The fraction of sp³-hybridized carbons (Fsp3) is 0.200. The zero-order valence-corrected chi connectivity index (χ0v) is 8.11. The highest BCUT2D eigenvalue weighted by molar-refractivity contribution is 5.75. The number of aromatic nitrogens is 3. The van der Waals surface area contributed by atoms with E-state index in [1.807, 2.05) is 20.0 Å². The Labute approximate surface area is 81.6 Å². The molecule has 0 aliphatic heterocycles. The van der Waals surface area contributed by atoms with Crippen LogP contribution < -0.4 is 0 Å². The van der Waals surface area contributed by atoms with Crippen molar-refractivity contribution >= 4 is 6.29 Å². The molecular formula is C10H11N3O. The number of aromatic amines is 1. The van der Waals surface area contributed by atoms with Crippen molar-refractivity contribution < 1.29 is 4.79 Å². The zero-order chi connectivity index (χ0) is 10.1. The van der Waals surface area contributed by atoms with Crippen LogP contribution in [0.2, 0.25) is 0 Å². The Morgan fingerprint density at radius 3 is 2.79 bits per heavy atom. The molecular weight excluding hydrogens is 178 g/mol. The zero-order valence-electron chi connectivity index (χ0n) is 8.11. The van der Waals surface area contributed by atoms with E-state index in [9.17, 15) is 4.79 Å². The number of rotatable bonds is 2. The Morgan fingerprint density at radius 1 is 1.50 bits per heavy atom. The van der Waals surface area contributed by atoms with Gasteiger partial charge in [-0.15, -0.1) is 0 Å². The van der Waals surface area contributed by atoms with Crippen LogP contribution in [-0.4, -0.2) is 21.1 Å². The summed E-state index contributed by atoms with van der Waals surface area (Å²) in [6.07, 6.45) is 2.59. The monoisotopic (exact) mass is 189 g/mol. The number of hydrogen-bond acceptors (Lipinski definition) is 2. The predicted octanol–water partition coefficient (Wildman–Crippen LogP) is 1.54. The predicted molar refractivity (Wildman–Crippen MR) is 53.1 cm³/mol. The lowest BCUT2D eigenvalue weighted by atomic mass is 10.2. The molecule has 0 amide bonds. The van der Waals surface area contributed by atoms with Gasteiger partial charge < -0.3 is 4.98 Å². The first-order chi connectivity index (χ1) is 6.72. The van der Waals surface area contributed by atoms with Crippen molar-refractivity contribution in [3.63, 3.8) is 0 Å². The van der Waals surface area contributed by atoms with Gasteiger partial charge in [-0.2, -0.15) is 5.10 Å². The minimum Gasteiger partial charge on any atom is -0.352 e. The first-order valence-electron chi connectivity index (χ1n) is 4.35. The molecule has 2 heterocycles. The highest BCUT2D eigenvalue weighted by Gasteiger charge is 2.07. The maximum atomic E-state index is 10.5. The molecule has 2 aromatic heterocycles. The van der Waals surface area contributed by atoms with Crippen LogP contribution in [0.3, 0.4) is 0 Å². The first kappa shape index (κ1) is 8.74. The van der Waals surface area contributed by atoms with Gasteiger partial charge in [0, 0.05) is 24.0 Å². The number of nitrogens with one attached hydrogen (secondary N) is 1. The Hall–Kier alpha value is -1.84. The molecule has 0 aromatic carbocycles. The average Bonchev–Trinajstić information content (AvgIpc) is 2.75. The summed E-state index contributed by atoms with van der Waals surface area (Å²) in [5, 5.41) is 4.14. The number of aryl methyl sites for hydroxylation is 1. The van der Waals surface area contributed by atoms with Crippen LogP contribution >= 0.6 is 0 Å². The Kier molecular flexibility index (Phi) is 1.96. The van der Waals surface area contributed by atoms with Gasteiger partial charge >= 0.3 is 0 Å². The van der Waals surface area contributed by atoms with Gasteiger partial charge in [0.05, 0.1) is 11.9 Å². The van der Waals surface area contributed by atoms with Crippen LogP contribution in [0.4, 0.5) is 0 Å². The molecule has 72 valence electrons. The number of nitrogens with zero attached hydrogens (tertiary/aromatic N) is 2. The van der Waals surface area contributed by atoms with Gasteiger partial charge in [-0.3, -0.25) is 9.48 Å². The first-order valence-corrected chi connectivity index (χ1v) is 4.35. The van der Waals surface area contributed by atoms with Crippen LogP contribution in [0.15, 0.2) is 18.3 Å². The lowest BCUT2D eigenvalue weighted by Gasteiger charge is -1.96. The molecule has 0 bridgehead atoms. The molecule has 1 N–H and O–H groups in total. The number of hydrogen-bond donors (Lipinski definition) is 1. The Balaban J connectivity index is 2.49. The molecule has 0 saturated carbocycles. The molecule has 0 aliphatic rings. The topological polar surface area (TPSA) is 50.7 Å². The fourth-order valence-electron chi connectivity index (χ4n) is 1.40. The van der Waals surface area contributed by atoms with E-state index in [1.165, 1.54) is 0 Å². The van der Waals surface area contributed by atoms with Crippen LogP contribution in [0.25, 0.3) is 11.3 Å². The summed E-state index contributed by atoms with van der Waals surface area (Å²) in [6, 6.07) is 3.64. The van der Waals surface area contributed by atoms with Crippen LogP contribution in [0.5, 0.6) is 0 Å². The summed E-state index contributed by atoms with van der Waals surface area (Å²) in [4.78, 5) is 13.5. The summed E-state index contributed by atoms with van der Waals surface area (Å²) in [5.41, 5.74) is 3.62. The summed E-state index contributed by atoms with van der Waals surface area (Å²) in [7, 11) is 1.89. The lowest BCUT2D eigenvalue weighted by molar-refractivity contribution is 0.111. The van der Waals surface area contributed by atoms with Gasteiger partial charge in [-0.05, 0) is 19.1 Å². The van der Waals surface area contributed by atoms with Gasteiger partial charge in [0.25, 0.3) is 0 Å². The molecule has 4 nitrogen and oxygen atoms in total. The van der Waals surface area contributed by atoms with E-state index in [1.54, 1.807) is 16.9 Å². The minimum absolute atomic E-state index is 0.586. The molecule has 0 spiro atoms. The molecule has 0 fully saturated rings. The molecule has 2 aromatic rings. The maximum absolute atomic E-state index is 10.5. The molecule has 0 aliphatic carbocycles. The number of carbonyl (C=O) groups excluding carboxylic acids is 1. The number of aldehydes is 1. The van der Waals surface area contributed by atoms with E-state index in [0.29, 0.717) is 5.69 Å². The molecule has 4 heteroatoms. The van der Waals surface area contributed by atoms with Gasteiger partial charge in [0.1, 0.15) is 0 Å². The van der Waals surface area contributed by atoms with Crippen molar-refractivity contribution in [2.75, 3.05) is 0 Å². The van der Waals surface area contributed by atoms with Gasteiger partial charge in [0.15, 0.2) is 6.29 Å². The van der Waals surface area contributed by atoms with E-state index in [-0.39, 0.29) is 0 Å². The molecule has 2 rings (SSSR count). The molecule has 0 radical (unpaired) electrons. The fourth-order valence-corrected chi connectivity index (χ4v) is 1.40. The summed E-state index contributed by atoms with van der Waals surface area (Å²) < 4.78 is 1.80. The van der Waals surface area contributed by atoms with Gasteiger partial charge in [0.2, 0.25) is 0 Å². The Morgan fingerprint density at radius 2 is 2.29 bits per heavy atom. The van der Waals surface area contributed by atoms with E-state index in [0.717, 1.165) is 23.2 Å². The number of H-pyrrole nitrogens is 1. The van der Waals surface area contributed by atoms with Crippen molar-refractivity contribution in [3.8, 4) is 11.3 Å². The highest BCUT2D eigenvalue weighted by Crippen LogP contribution is 2.21. The molecule has 0 unspecified atom stereocenters. The second-order valence-corrected chi connectivity index (χ2v) is 3.21. The van der Waals surface area contributed by atoms with Crippen molar-refractivity contribution in [1.29, 1.82) is 0 Å². The average molecular weight is 189 g/mol.